The maximum Gasteiger partial charge on any atom is 0.361 e. The lowest BCUT2D eigenvalue weighted by Crippen LogP contribution is -2.15. The van der Waals surface area contributed by atoms with Crippen molar-refractivity contribution in [2.45, 2.75) is 24.5 Å². The minimum atomic E-state index is -3.22. The highest BCUT2D eigenvalue weighted by molar-refractivity contribution is 9.08. The fourth-order valence-corrected chi connectivity index (χ4v) is 4.49. The SMILES string of the molecule is CCOP(=O)(OCC)c1cc(CBr)ccc1CBr. The molecule has 0 unspecified atom stereocenters. The van der Waals surface area contributed by atoms with E-state index in [4.69, 9.17) is 9.05 Å². The molecule has 0 saturated carbocycles. The largest absolute Gasteiger partial charge is 0.361 e. The van der Waals surface area contributed by atoms with Gasteiger partial charge < -0.3 is 9.05 Å². The second kappa shape index (κ2) is 7.81. The van der Waals surface area contributed by atoms with Gasteiger partial charge in [-0.25, -0.2) is 0 Å². The highest BCUT2D eigenvalue weighted by Crippen LogP contribution is 2.48. The molecule has 0 fully saturated rings. The zero-order valence-electron chi connectivity index (χ0n) is 10.5. The average Bonchev–Trinajstić information content (AvgIpc) is 2.38. The Balaban J connectivity index is 3.28. The van der Waals surface area contributed by atoms with Crippen LogP contribution in [0.1, 0.15) is 25.0 Å². The molecular weight excluding hydrogens is 383 g/mol. The van der Waals surface area contributed by atoms with Crippen molar-refractivity contribution in [3.63, 3.8) is 0 Å². The molecule has 0 spiro atoms. The van der Waals surface area contributed by atoms with E-state index in [-0.39, 0.29) is 0 Å². The van der Waals surface area contributed by atoms with Crippen molar-refractivity contribution in [2.24, 2.45) is 0 Å². The summed E-state index contributed by atoms with van der Waals surface area (Å²) in [6.45, 7) is 4.34. The van der Waals surface area contributed by atoms with Crippen LogP contribution in [0.4, 0.5) is 0 Å². The average molecular weight is 400 g/mol. The first-order valence-corrected chi connectivity index (χ1v) is 9.53. The molecule has 1 aromatic rings. The van der Waals surface area contributed by atoms with Gasteiger partial charge in [-0.2, -0.15) is 0 Å². The van der Waals surface area contributed by atoms with Crippen LogP contribution < -0.4 is 5.30 Å². The standard InChI is InChI=1S/C12H17Br2O3P/c1-3-16-18(15,17-4-2)12-7-10(8-13)5-6-11(12)9-14/h5-7H,3-4,8-9H2,1-2H3. The van der Waals surface area contributed by atoms with E-state index in [2.05, 4.69) is 31.9 Å². The third kappa shape index (κ3) is 3.91. The topological polar surface area (TPSA) is 35.5 Å². The van der Waals surface area contributed by atoms with Crippen molar-refractivity contribution in [3.05, 3.63) is 29.3 Å². The lowest BCUT2D eigenvalue weighted by Gasteiger charge is -2.20. The summed E-state index contributed by atoms with van der Waals surface area (Å²) in [4.78, 5) is 0. The summed E-state index contributed by atoms with van der Waals surface area (Å²) in [6, 6.07) is 5.83. The molecule has 6 heteroatoms. The van der Waals surface area contributed by atoms with Gasteiger partial charge in [0.25, 0.3) is 0 Å². The molecule has 0 aliphatic heterocycles. The smallest absolute Gasteiger partial charge is 0.305 e. The number of hydrogen-bond donors (Lipinski definition) is 0. The molecule has 0 bridgehead atoms. The van der Waals surface area contributed by atoms with Crippen molar-refractivity contribution in [1.29, 1.82) is 0 Å². The van der Waals surface area contributed by atoms with E-state index < -0.39 is 7.60 Å². The summed E-state index contributed by atoms with van der Waals surface area (Å²) in [6.07, 6.45) is 0. The van der Waals surface area contributed by atoms with Gasteiger partial charge in [0, 0.05) is 10.7 Å². The van der Waals surface area contributed by atoms with Crippen molar-refractivity contribution >= 4 is 44.8 Å². The second-order valence-corrected chi connectivity index (χ2v) is 6.68. The number of alkyl halides is 2. The van der Waals surface area contributed by atoms with Gasteiger partial charge in [-0.05, 0) is 31.0 Å². The van der Waals surface area contributed by atoms with Crippen molar-refractivity contribution in [2.75, 3.05) is 13.2 Å². The zero-order chi connectivity index (χ0) is 13.6. The molecule has 0 aliphatic rings. The van der Waals surface area contributed by atoms with Crippen LogP contribution in [0.25, 0.3) is 0 Å². The minimum absolute atomic E-state index is 0.359. The summed E-state index contributed by atoms with van der Waals surface area (Å²) in [5, 5.41) is 1.98. The van der Waals surface area contributed by atoms with Gasteiger partial charge in [-0.15, -0.1) is 0 Å². The Bertz CT molecular complexity index is 427. The molecule has 0 heterocycles. The number of halogens is 2. The van der Waals surface area contributed by atoms with Crippen LogP contribution in [0.2, 0.25) is 0 Å². The van der Waals surface area contributed by atoms with Crippen molar-refractivity contribution < 1.29 is 13.6 Å². The summed E-state index contributed by atoms with van der Waals surface area (Å²) in [7, 11) is -3.22. The van der Waals surface area contributed by atoms with E-state index >= 15 is 0 Å². The fourth-order valence-electron chi connectivity index (χ4n) is 1.58. The Morgan fingerprint density at radius 2 is 1.72 bits per heavy atom. The second-order valence-electron chi connectivity index (χ2n) is 3.56. The molecule has 0 N–H and O–H groups in total. The first kappa shape index (κ1) is 16.4. The lowest BCUT2D eigenvalue weighted by molar-refractivity contribution is 0.230. The predicted octanol–water partition coefficient (Wildman–Crippen LogP) is 4.37. The van der Waals surface area contributed by atoms with Gasteiger partial charge in [-0.1, -0.05) is 44.0 Å². The molecule has 102 valence electrons. The quantitative estimate of drug-likeness (QED) is 0.504. The first-order chi connectivity index (χ1) is 8.61. The van der Waals surface area contributed by atoms with E-state index in [0.29, 0.717) is 29.2 Å². The van der Waals surface area contributed by atoms with Crippen LogP contribution in [0, 0.1) is 0 Å². The van der Waals surface area contributed by atoms with Crippen LogP contribution in [0.3, 0.4) is 0 Å². The molecule has 0 aromatic heterocycles. The Kier molecular flexibility index (Phi) is 7.11. The minimum Gasteiger partial charge on any atom is -0.305 e. The molecule has 1 rings (SSSR count). The van der Waals surface area contributed by atoms with Crippen LogP contribution >= 0.6 is 39.5 Å². The lowest BCUT2D eigenvalue weighted by atomic mass is 10.2. The molecule has 0 atom stereocenters. The summed E-state index contributed by atoms with van der Waals surface area (Å²) >= 11 is 6.81. The van der Waals surface area contributed by atoms with Gasteiger partial charge in [0.15, 0.2) is 0 Å². The van der Waals surface area contributed by atoms with E-state index in [1.807, 2.05) is 32.0 Å². The van der Waals surface area contributed by atoms with Gasteiger partial charge in [-0.3, -0.25) is 4.57 Å². The third-order valence-electron chi connectivity index (χ3n) is 2.34. The Labute approximate surface area is 125 Å². The summed E-state index contributed by atoms with van der Waals surface area (Å²) < 4.78 is 23.6. The Morgan fingerprint density at radius 3 is 2.17 bits per heavy atom. The highest BCUT2D eigenvalue weighted by Gasteiger charge is 2.29. The van der Waals surface area contributed by atoms with Gasteiger partial charge >= 0.3 is 7.60 Å². The maximum atomic E-state index is 12.8. The number of rotatable bonds is 7. The summed E-state index contributed by atoms with van der Waals surface area (Å²) in [5.74, 6) is 0. The van der Waals surface area contributed by atoms with E-state index in [1.165, 1.54) is 0 Å². The van der Waals surface area contributed by atoms with Gasteiger partial charge in [0.1, 0.15) is 0 Å². The molecule has 3 nitrogen and oxygen atoms in total. The number of benzene rings is 1. The van der Waals surface area contributed by atoms with E-state index in [1.54, 1.807) is 0 Å². The molecule has 0 amide bonds. The third-order valence-corrected chi connectivity index (χ3v) is 5.80. The molecule has 0 radical (unpaired) electrons. The molecular formula is C12H17Br2O3P. The van der Waals surface area contributed by atoms with E-state index in [0.717, 1.165) is 11.1 Å². The predicted molar refractivity (Wildman–Crippen MR) is 82.2 cm³/mol. The van der Waals surface area contributed by atoms with Crippen LogP contribution in [0.5, 0.6) is 0 Å². The van der Waals surface area contributed by atoms with E-state index in [9.17, 15) is 4.57 Å². The fraction of sp³-hybridized carbons (Fsp3) is 0.500. The Hall–Kier alpha value is 0.330. The van der Waals surface area contributed by atoms with Gasteiger partial charge in [0.05, 0.1) is 18.5 Å². The normalized spacial score (nSPS) is 11.8. The molecule has 0 saturated heterocycles. The maximum absolute atomic E-state index is 12.8. The highest BCUT2D eigenvalue weighted by atomic mass is 79.9. The van der Waals surface area contributed by atoms with Crippen LogP contribution in [-0.4, -0.2) is 13.2 Å². The zero-order valence-corrected chi connectivity index (χ0v) is 14.6. The molecule has 0 aliphatic carbocycles. The van der Waals surface area contributed by atoms with Crippen LogP contribution in [-0.2, 0) is 24.3 Å². The first-order valence-electron chi connectivity index (χ1n) is 5.74. The number of hydrogen-bond acceptors (Lipinski definition) is 3. The van der Waals surface area contributed by atoms with Crippen LogP contribution in [0.15, 0.2) is 18.2 Å². The molecule has 1 aromatic carbocycles. The van der Waals surface area contributed by atoms with Crippen molar-refractivity contribution in [3.8, 4) is 0 Å². The molecule has 18 heavy (non-hydrogen) atoms. The monoisotopic (exact) mass is 398 g/mol. The Morgan fingerprint density at radius 1 is 1.11 bits per heavy atom. The van der Waals surface area contributed by atoms with Gasteiger partial charge in [0.2, 0.25) is 0 Å². The van der Waals surface area contributed by atoms with Crippen molar-refractivity contribution in [1.82, 2.24) is 0 Å². The summed E-state index contributed by atoms with van der Waals surface area (Å²) in [5.41, 5.74) is 1.99.